The molecule has 0 saturated heterocycles. The monoisotopic (exact) mass is 449 g/mol. The van der Waals surface area contributed by atoms with Gasteiger partial charge in [0.25, 0.3) is 0 Å². The van der Waals surface area contributed by atoms with E-state index in [2.05, 4.69) is 5.32 Å². The first-order valence-electron chi connectivity index (χ1n) is 8.20. The van der Waals surface area contributed by atoms with Crippen LogP contribution in [0.1, 0.15) is 0 Å². The predicted molar refractivity (Wildman–Crippen MR) is 87.1 cm³/mol. The average molecular weight is 449 g/mol. The number of nitrogens with one attached hydrogen (secondary N) is 2. The summed E-state index contributed by atoms with van der Waals surface area (Å²) < 4.78 is 135. The SMILES string of the molecule is CNCCN(CCNc1c(F)c(F)c(F)c(F)c1F)c1c(F)c(F)c(F)c(F)c1F. The van der Waals surface area contributed by atoms with Gasteiger partial charge in [-0.3, -0.25) is 0 Å². The van der Waals surface area contributed by atoms with Crippen molar-refractivity contribution in [1.29, 1.82) is 0 Å². The number of nitrogens with zero attached hydrogens (tertiary/aromatic N) is 1. The van der Waals surface area contributed by atoms with E-state index in [1.807, 2.05) is 5.32 Å². The summed E-state index contributed by atoms with van der Waals surface area (Å²) in [6, 6.07) is 0. The zero-order valence-electron chi connectivity index (χ0n) is 15.1. The highest BCUT2D eigenvalue weighted by Gasteiger charge is 2.29. The van der Waals surface area contributed by atoms with Gasteiger partial charge in [0.05, 0.1) is 0 Å². The topological polar surface area (TPSA) is 27.3 Å². The van der Waals surface area contributed by atoms with Gasteiger partial charge in [-0.25, -0.2) is 43.9 Å². The zero-order valence-corrected chi connectivity index (χ0v) is 15.1. The molecule has 3 nitrogen and oxygen atoms in total. The summed E-state index contributed by atoms with van der Waals surface area (Å²) in [7, 11) is 1.42. The molecule has 0 heterocycles. The van der Waals surface area contributed by atoms with Gasteiger partial charge >= 0.3 is 0 Å². The lowest BCUT2D eigenvalue weighted by molar-refractivity contribution is 0.378. The predicted octanol–water partition coefficient (Wildman–Crippen LogP) is 4.22. The Hall–Kier alpha value is -2.70. The minimum Gasteiger partial charge on any atom is -0.378 e. The number of halogens is 10. The number of likely N-dealkylation sites (N-methyl/N-ethyl adjacent to an activating group) is 1. The molecule has 0 aliphatic rings. The molecule has 0 spiro atoms. The summed E-state index contributed by atoms with van der Waals surface area (Å²) in [4.78, 5) is 0.659. The van der Waals surface area contributed by atoms with E-state index in [4.69, 9.17) is 0 Å². The van der Waals surface area contributed by atoms with Crippen molar-refractivity contribution in [2.45, 2.75) is 0 Å². The van der Waals surface area contributed by atoms with Gasteiger partial charge in [-0.1, -0.05) is 0 Å². The molecule has 0 unspecified atom stereocenters. The van der Waals surface area contributed by atoms with E-state index in [0.717, 1.165) is 0 Å². The van der Waals surface area contributed by atoms with Crippen LogP contribution in [-0.4, -0.2) is 33.2 Å². The highest BCUT2D eigenvalue weighted by atomic mass is 19.2. The zero-order chi connectivity index (χ0) is 22.7. The second-order valence-electron chi connectivity index (χ2n) is 5.88. The smallest absolute Gasteiger partial charge is 0.200 e. The van der Waals surface area contributed by atoms with E-state index >= 15 is 0 Å². The van der Waals surface area contributed by atoms with Crippen molar-refractivity contribution in [3.63, 3.8) is 0 Å². The minimum absolute atomic E-state index is 0.0119. The summed E-state index contributed by atoms with van der Waals surface area (Å²) in [6.45, 7) is -1.64. The van der Waals surface area contributed by atoms with Crippen molar-refractivity contribution in [3.8, 4) is 0 Å². The maximum atomic E-state index is 14.0. The molecule has 0 fully saturated rings. The van der Waals surface area contributed by atoms with Gasteiger partial charge in [-0.2, -0.15) is 0 Å². The quantitative estimate of drug-likeness (QED) is 0.359. The highest BCUT2D eigenvalue weighted by Crippen LogP contribution is 2.31. The molecule has 0 bridgehead atoms. The van der Waals surface area contributed by atoms with Crippen molar-refractivity contribution in [1.82, 2.24) is 5.32 Å². The van der Waals surface area contributed by atoms with E-state index in [0.29, 0.717) is 4.90 Å². The molecular formula is C17H13F10N3. The molecule has 2 N–H and O–H groups in total. The Morgan fingerprint density at radius 1 is 0.533 bits per heavy atom. The Labute approximate surface area is 163 Å². The second kappa shape index (κ2) is 9.41. The minimum atomic E-state index is -2.38. The van der Waals surface area contributed by atoms with Crippen LogP contribution in [0.2, 0.25) is 0 Å². The van der Waals surface area contributed by atoms with Gasteiger partial charge in [0.15, 0.2) is 46.5 Å². The molecule has 0 aliphatic carbocycles. The Morgan fingerprint density at radius 3 is 1.33 bits per heavy atom. The van der Waals surface area contributed by atoms with Gasteiger partial charge in [0.2, 0.25) is 11.6 Å². The first-order chi connectivity index (χ1) is 14.0. The van der Waals surface area contributed by atoms with Gasteiger partial charge in [-0.15, -0.1) is 0 Å². The molecule has 0 atom stereocenters. The lowest BCUT2D eigenvalue weighted by Gasteiger charge is -2.26. The van der Waals surface area contributed by atoms with Gasteiger partial charge < -0.3 is 15.5 Å². The first-order valence-corrected chi connectivity index (χ1v) is 8.20. The van der Waals surface area contributed by atoms with Crippen LogP contribution in [0.15, 0.2) is 0 Å². The summed E-state index contributed by atoms with van der Waals surface area (Å²) in [5, 5.41) is 4.45. The molecule has 0 radical (unpaired) electrons. The van der Waals surface area contributed by atoms with Gasteiger partial charge in [0, 0.05) is 26.2 Å². The molecule has 0 amide bonds. The van der Waals surface area contributed by atoms with Crippen molar-refractivity contribution >= 4 is 11.4 Å². The molecule has 2 aromatic rings. The van der Waals surface area contributed by atoms with E-state index in [1.54, 1.807) is 0 Å². The summed E-state index contributed by atoms with van der Waals surface area (Å²) in [6.07, 6.45) is 0. The Morgan fingerprint density at radius 2 is 0.900 bits per heavy atom. The summed E-state index contributed by atoms with van der Waals surface area (Å²) in [5.74, 6) is -22.2. The Bertz CT molecular complexity index is 892. The fraction of sp³-hybridized carbons (Fsp3) is 0.294. The van der Waals surface area contributed by atoms with Gasteiger partial charge in [-0.05, 0) is 7.05 Å². The van der Waals surface area contributed by atoms with Gasteiger partial charge in [0.1, 0.15) is 11.4 Å². The van der Waals surface area contributed by atoms with Crippen LogP contribution in [-0.2, 0) is 0 Å². The number of hydrogen-bond donors (Lipinski definition) is 2. The average Bonchev–Trinajstić information content (AvgIpc) is 2.73. The molecule has 13 heteroatoms. The Kier molecular flexibility index (Phi) is 7.39. The molecule has 166 valence electrons. The number of anilines is 2. The van der Waals surface area contributed by atoms with Crippen LogP contribution < -0.4 is 15.5 Å². The van der Waals surface area contributed by atoms with Crippen LogP contribution in [0.25, 0.3) is 0 Å². The van der Waals surface area contributed by atoms with Crippen LogP contribution in [0.3, 0.4) is 0 Å². The highest BCUT2D eigenvalue weighted by molar-refractivity contribution is 5.52. The van der Waals surface area contributed by atoms with Crippen molar-refractivity contribution < 1.29 is 43.9 Å². The fourth-order valence-corrected chi connectivity index (χ4v) is 2.53. The van der Waals surface area contributed by atoms with Crippen molar-refractivity contribution in [3.05, 3.63) is 58.2 Å². The third-order valence-corrected chi connectivity index (χ3v) is 4.03. The molecule has 0 saturated carbocycles. The maximum Gasteiger partial charge on any atom is 0.200 e. The van der Waals surface area contributed by atoms with E-state index in [9.17, 15) is 43.9 Å². The summed E-state index contributed by atoms with van der Waals surface area (Å²) >= 11 is 0. The second-order valence-corrected chi connectivity index (χ2v) is 5.88. The molecule has 30 heavy (non-hydrogen) atoms. The van der Waals surface area contributed by atoms with E-state index in [-0.39, 0.29) is 13.1 Å². The molecule has 0 aromatic heterocycles. The summed E-state index contributed by atoms with van der Waals surface area (Å²) in [5.41, 5.74) is -2.71. The normalized spacial score (nSPS) is 11.2. The number of hydrogen-bond acceptors (Lipinski definition) is 3. The third-order valence-electron chi connectivity index (χ3n) is 4.03. The molecular weight excluding hydrogens is 436 g/mol. The van der Waals surface area contributed by atoms with Crippen LogP contribution in [0.4, 0.5) is 55.3 Å². The number of benzene rings is 2. The Balaban J connectivity index is 2.33. The van der Waals surface area contributed by atoms with E-state index in [1.165, 1.54) is 7.05 Å². The van der Waals surface area contributed by atoms with Crippen LogP contribution in [0.5, 0.6) is 0 Å². The lowest BCUT2D eigenvalue weighted by atomic mass is 10.2. The lowest BCUT2D eigenvalue weighted by Crippen LogP contribution is -2.36. The third kappa shape index (κ3) is 4.25. The molecule has 2 aromatic carbocycles. The fourth-order valence-electron chi connectivity index (χ4n) is 2.53. The maximum absolute atomic E-state index is 14.0. The number of rotatable bonds is 8. The van der Waals surface area contributed by atoms with Crippen molar-refractivity contribution in [2.75, 3.05) is 43.4 Å². The van der Waals surface area contributed by atoms with E-state index < -0.39 is 82.6 Å². The van der Waals surface area contributed by atoms with Crippen LogP contribution in [0, 0.1) is 58.2 Å². The largest absolute Gasteiger partial charge is 0.378 e. The molecule has 2 rings (SSSR count). The first kappa shape index (κ1) is 23.6. The molecule has 0 aliphatic heterocycles. The van der Waals surface area contributed by atoms with Crippen molar-refractivity contribution in [2.24, 2.45) is 0 Å². The standard InChI is InChI=1S/C17H13F10N3/c1-28-2-4-30(17-14(26)10(22)7(19)11(23)15(17)27)5-3-29-16-12(24)8(20)6(18)9(21)13(16)25/h28-29H,2-5H2,1H3. The van der Waals surface area contributed by atoms with Crippen LogP contribution >= 0.6 is 0 Å².